The normalized spacial score (nSPS) is 12.4. The lowest BCUT2D eigenvalue weighted by molar-refractivity contribution is -0.141. The highest BCUT2D eigenvalue weighted by Gasteiger charge is 2.35. The second-order valence-corrected chi connectivity index (χ2v) is 13.7. The van der Waals surface area contributed by atoms with Crippen molar-refractivity contribution in [3.05, 3.63) is 87.4 Å². The summed E-state index contributed by atoms with van der Waals surface area (Å²) >= 11 is 18.8. The Morgan fingerprint density at radius 2 is 1.57 bits per heavy atom. The summed E-state index contributed by atoms with van der Waals surface area (Å²) in [6, 6.07) is 16.1. The first-order chi connectivity index (χ1) is 19.7. The number of sulfonamides is 1. The molecule has 42 heavy (non-hydrogen) atoms. The van der Waals surface area contributed by atoms with Gasteiger partial charge in [-0.1, -0.05) is 66.0 Å². The first-order valence-corrected chi connectivity index (χ1v) is 15.7. The van der Waals surface area contributed by atoms with Crippen LogP contribution in [0.3, 0.4) is 0 Å². The highest BCUT2D eigenvalue weighted by molar-refractivity contribution is 7.92. The number of hydrogen-bond donors (Lipinski definition) is 1. The van der Waals surface area contributed by atoms with Crippen molar-refractivity contribution in [1.29, 1.82) is 0 Å². The second kappa shape index (κ2) is 14.0. The molecule has 0 aliphatic rings. The van der Waals surface area contributed by atoms with Crippen LogP contribution in [0.2, 0.25) is 15.1 Å². The number of amides is 2. The summed E-state index contributed by atoms with van der Waals surface area (Å²) in [5.74, 6) is -0.837. The molecular weight excluding hydrogens is 621 g/mol. The number of benzene rings is 3. The fourth-order valence-electron chi connectivity index (χ4n) is 4.30. The Balaban J connectivity index is 2.15. The van der Waals surface area contributed by atoms with Gasteiger partial charge in [0, 0.05) is 27.2 Å². The number of nitrogens with one attached hydrogen (secondary N) is 1. The molecular formula is C30H34Cl3N3O5S. The molecule has 0 radical (unpaired) electrons. The molecule has 0 bridgehead atoms. The molecule has 0 spiro atoms. The maximum Gasteiger partial charge on any atom is 0.264 e. The van der Waals surface area contributed by atoms with Crippen molar-refractivity contribution in [1.82, 2.24) is 10.2 Å². The van der Waals surface area contributed by atoms with Crippen LogP contribution in [0.1, 0.15) is 39.7 Å². The average Bonchev–Trinajstić information content (AvgIpc) is 2.92. The number of nitrogens with zero attached hydrogens (tertiary/aromatic N) is 2. The third-order valence-corrected chi connectivity index (χ3v) is 8.86. The molecule has 226 valence electrons. The van der Waals surface area contributed by atoms with Gasteiger partial charge in [0.1, 0.15) is 18.3 Å². The molecule has 0 saturated heterocycles. The van der Waals surface area contributed by atoms with Crippen LogP contribution in [-0.4, -0.2) is 50.4 Å². The van der Waals surface area contributed by atoms with Crippen LogP contribution >= 0.6 is 34.8 Å². The van der Waals surface area contributed by atoms with E-state index < -0.39 is 34.1 Å². The number of halogens is 3. The van der Waals surface area contributed by atoms with Gasteiger partial charge in [0.15, 0.2) is 0 Å². The van der Waals surface area contributed by atoms with Crippen molar-refractivity contribution < 1.29 is 22.7 Å². The van der Waals surface area contributed by atoms with Crippen LogP contribution in [-0.2, 0) is 26.2 Å². The SMILES string of the molecule is CCC(C(=O)NC(C)(C)C)N(Cc1ccc(Cl)cc1Cl)C(=O)CN(c1cc(Cl)ccc1OC)S(=O)(=O)c1ccccc1. The van der Waals surface area contributed by atoms with Gasteiger partial charge in [-0.3, -0.25) is 13.9 Å². The molecule has 0 aromatic heterocycles. The van der Waals surface area contributed by atoms with Gasteiger partial charge >= 0.3 is 0 Å². The highest BCUT2D eigenvalue weighted by atomic mass is 35.5. The fraction of sp³-hybridized carbons (Fsp3) is 0.333. The lowest BCUT2D eigenvalue weighted by Gasteiger charge is -2.35. The largest absolute Gasteiger partial charge is 0.495 e. The van der Waals surface area contributed by atoms with Gasteiger partial charge in [0.05, 0.1) is 17.7 Å². The summed E-state index contributed by atoms with van der Waals surface area (Å²) in [6.07, 6.45) is 0.255. The summed E-state index contributed by atoms with van der Waals surface area (Å²) in [7, 11) is -2.91. The van der Waals surface area contributed by atoms with E-state index >= 15 is 0 Å². The average molecular weight is 655 g/mol. The van der Waals surface area contributed by atoms with Crippen molar-refractivity contribution in [2.75, 3.05) is 18.0 Å². The van der Waals surface area contributed by atoms with E-state index in [4.69, 9.17) is 39.5 Å². The molecule has 1 unspecified atom stereocenters. The molecule has 3 aromatic carbocycles. The maximum absolute atomic E-state index is 14.2. The third-order valence-electron chi connectivity index (χ3n) is 6.26. The van der Waals surface area contributed by atoms with Crippen LogP contribution in [0.5, 0.6) is 5.75 Å². The van der Waals surface area contributed by atoms with Crippen LogP contribution in [0, 0.1) is 0 Å². The van der Waals surface area contributed by atoms with Gasteiger partial charge in [0.2, 0.25) is 11.8 Å². The molecule has 8 nitrogen and oxygen atoms in total. The van der Waals surface area contributed by atoms with Crippen LogP contribution in [0.25, 0.3) is 0 Å². The van der Waals surface area contributed by atoms with E-state index in [1.165, 1.54) is 36.3 Å². The highest BCUT2D eigenvalue weighted by Crippen LogP contribution is 2.35. The smallest absolute Gasteiger partial charge is 0.264 e. The van der Waals surface area contributed by atoms with Crippen molar-refractivity contribution in [2.45, 2.75) is 57.1 Å². The van der Waals surface area contributed by atoms with Crippen LogP contribution in [0.15, 0.2) is 71.6 Å². The van der Waals surface area contributed by atoms with Gasteiger partial charge in [-0.25, -0.2) is 8.42 Å². The summed E-state index contributed by atoms with van der Waals surface area (Å²) in [5, 5.41) is 3.88. The molecule has 12 heteroatoms. The van der Waals surface area contributed by atoms with Gasteiger partial charge in [0.25, 0.3) is 10.0 Å². The lowest BCUT2D eigenvalue weighted by atomic mass is 10.1. The first-order valence-electron chi connectivity index (χ1n) is 13.1. The zero-order chi connectivity index (χ0) is 31.2. The molecule has 0 aliphatic carbocycles. The Hall–Kier alpha value is -2.98. The van der Waals surface area contributed by atoms with Crippen molar-refractivity contribution in [3.8, 4) is 5.75 Å². The lowest BCUT2D eigenvalue weighted by Crippen LogP contribution is -2.55. The van der Waals surface area contributed by atoms with E-state index in [1.54, 1.807) is 49.4 Å². The molecule has 1 atom stereocenters. The Morgan fingerprint density at radius 3 is 2.14 bits per heavy atom. The molecule has 0 heterocycles. The van der Waals surface area contributed by atoms with Crippen molar-refractivity contribution in [2.24, 2.45) is 0 Å². The predicted molar refractivity (Wildman–Crippen MR) is 168 cm³/mol. The number of hydrogen-bond acceptors (Lipinski definition) is 5. The second-order valence-electron chi connectivity index (χ2n) is 10.6. The van der Waals surface area contributed by atoms with E-state index in [-0.39, 0.29) is 40.2 Å². The summed E-state index contributed by atoms with van der Waals surface area (Å²) in [6.45, 7) is 6.54. The summed E-state index contributed by atoms with van der Waals surface area (Å²) < 4.78 is 34.4. The van der Waals surface area contributed by atoms with Gasteiger partial charge in [-0.2, -0.15) is 0 Å². The fourth-order valence-corrected chi connectivity index (χ4v) is 6.37. The summed E-state index contributed by atoms with van der Waals surface area (Å²) in [5.41, 5.74) is 0.0293. The van der Waals surface area contributed by atoms with Crippen LogP contribution < -0.4 is 14.4 Å². The molecule has 2 amide bonds. The monoisotopic (exact) mass is 653 g/mol. The van der Waals surface area contributed by atoms with E-state index in [2.05, 4.69) is 5.32 Å². The molecule has 3 aromatic rings. The van der Waals surface area contributed by atoms with Crippen molar-refractivity contribution in [3.63, 3.8) is 0 Å². The Morgan fingerprint density at radius 1 is 0.952 bits per heavy atom. The van der Waals surface area contributed by atoms with E-state index in [9.17, 15) is 18.0 Å². The first kappa shape index (κ1) is 33.5. The quantitative estimate of drug-likeness (QED) is 0.252. The topological polar surface area (TPSA) is 96.0 Å². The van der Waals surface area contributed by atoms with Gasteiger partial charge in [-0.05, 0) is 75.2 Å². The van der Waals surface area contributed by atoms with E-state index in [0.29, 0.717) is 15.6 Å². The van der Waals surface area contributed by atoms with E-state index in [0.717, 1.165) is 4.31 Å². The maximum atomic E-state index is 14.2. The predicted octanol–water partition coefficient (Wildman–Crippen LogP) is 6.57. The zero-order valence-electron chi connectivity index (χ0n) is 24.0. The Bertz CT molecular complexity index is 1530. The number of methoxy groups -OCH3 is 1. The number of anilines is 1. The number of carbonyl (C=O) groups is 2. The van der Waals surface area contributed by atoms with Crippen LogP contribution in [0.4, 0.5) is 5.69 Å². The third kappa shape index (κ3) is 8.31. The minimum Gasteiger partial charge on any atom is -0.495 e. The summed E-state index contributed by atoms with van der Waals surface area (Å²) in [4.78, 5) is 29.0. The Kier molecular flexibility index (Phi) is 11.2. The zero-order valence-corrected chi connectivity index (χ0v) is 27.1. The molecule has 0 fully saturated rings. The minimum absolute atomic E-state index is 0.0374. The van der Waals surface area contributed by atoms with Gasteiger partial charge in [-0.15, -0.1) is 0 Å². The number of carbonyl (C=O) groups excluding carboxylic acids is 2. The molecule has 0 saturated carbocycles. The number of ether oxygens (including phenoxy) is 1. The Labute approximate surface area is 262 Å². The standard InChI is InChI=1S/C30H34Cl3N3O5S/c1-6-25(29(38)34-30(2,3)4)35(18-20-12-13-21(31)16-24(20)33)28(37)19-36(26-17-22(32)14-15-27(26)41-5)42(39,40)23-10-8-7-9-11-23/h7-17,25H,6,18-19H2,1-5H3,(H,34,38). The number of rotatable bonds is 11. The molecule has 0 aliphatic heterocycles. The molecule has 1 N–H and O–H groups in total. The molecule has 3 rings (SSSR count). The minimum atomic E-state index is -4.30. The van der Waals surface area contributed by atoms with E-state index in [1.807, 2.05) is 20.8 Å². The van der Waals surface area contributed by atoms with Crippen molar-refractivity contribution >= 4 is 62.3 Å². The van der Waals surface area contributed by atoms with Gasteiger partial charge < -0.3 is 15.0 Å².